The van der Waals surface area contributed by atoms with Crippen LogP contribution >= 0.6 is 0 Å². The number of carbonyl (C=O) groups is 2. The summed E-state index contributed by atoms with van der Waals surface area (Å²) in [6.45, 7) is 4.89. The normalized spacial score (nSPS) is 10.2. The second-order valence-electron chi connectivity index (χ2n) is 5.28. The maximum Gasteiger partial charge on any atom is 0.274 e. The summed E-state index contributed by atoms with van der Waals surface area (Å²) in [5, 5.41) is 2.80. The second-order valence-corrected chi connectivity index (χ2v) is 5.28. The Morgan fingerprint density at radius 3 is 2.62 bits per heavy atom. The van der Waals surface area contributed by atoms with E-state index in [2.05, 4.69) is 20.3 Å². The van der Waals surface area contributed by atoms with E-state index < -0.39 is 0 Å². The first-order valence-electron chi connectivity index (χ1n) is 7.84. The highest BCUT2D eigenvalue weighted by Gasteiger charge is 2.16. The van der Waals surface area contributed by atoms with Crippen LogP contribution in [0.3, 0.4) is 0 Å². The Bertz CT molecular complexity index is 673. The predicted octanol–water partition coefficient (Wildman–Crippen LogP) is 1.35. The van der Waals surface area contributed by atoms with E-state index in [1.54, 1.807) is 17.3 Å². The van der Waals surface area contributed by atoms with Crippen LogP contribution in [0.5, 0.6) is 0 Å². The molecule has 0 spiro atoms. The Labute approximate surface area is 141 Å². The molecule has 0 aliphatic carbocycles. The fourth-order valence-corrected chi connectivity index (χ4v) is 2.09. The Morgan fingerprint density at radius 1 is 1.17 bits per heavy atom. The van der Waals surface area contributed by atoms with E-state index in [0.29, 0.717) is 19.6 Å². The minimum Gasteiger partial charge on any atom is -0.350 e. The van der Waals surface area contributed by atoms with Gasteiger partial charge in [0.25, 0.3) is 5.91 Å². The third kappa shape index (κ3) is 5.12. The molecule has 0 saturated heterocycles. The van der Waals surface area contributed by atoms with Crippen molar-refractivity contribution in [2.45, 2.75) is 26.8 Å². The number of hydrogen-bond acceptors (Lipinski definition) is 5. The van der Waals surface area contributed by atoms with E-state index in [-0.39, 0.29) is 23.9 Å². The molecule has 2 rings (SSSR count). The molecule has 1 N–H and O–H groups in total. The maximum atomic E-state index is 12.4. The van der Waals surface area contributed by atoms with Gasteiger partial charge >= 0.3 is 0 Å². The predicted molar refractivity (Wildman–Crippen MR) is 89.0 cm³/mol. The van der Waals surface area contributed by atoms with Crippen LogP contribution in [0.1, 0.15) is 35.2 Å². The highest BCUT2D eigenvalue weighted by Crippen LogP contribution is 2.03. The van der Waals surface area contributed by atoms with Crippen molar-refractivity contribution in [3.63, 3.8) is 0 Å². The SMILES string of the molecule is CCN(CCC(=O)NCc1ccccn1)C(=O)c1cnc(C)cn1. The molecule has 0 aliphatic rings. The van der Waals surface area contributed by atoms with E-state index in [4.69, 9.17) is 0 Å². The number of pyridine rings is 1. The number of nitrogens with one attached hydrogen (secondary N) is 1. The van der Waals surface area contributed by atoms with E-state index >= 15 is 0 Å². The average Bonchev–Trinajstić information content (AvgIpc) is 2.61. The van der Waals surface area contributed by atoms with Crippen LogP contribution in [0.2, 0.25) is 0 Å². The standard InChI is InChI=1S/C17H21N5O2/c1-3-22(17(24)15-12-19-13(2)10-20-15)9-7-16(23)21-11-14-6-4-5-8-18-14/h4-6,8,10,12H,3,7,9,11H2,1-2H3,(H,21,23). The van der Waals surface area contributed by atoms with Gasteiger partial charge in [-0.05, 0) is 26.0 Å². The summed E-state index contributed by atoms with van der Waals surface area (Å²) in [5.74, 6) is -0.343. The van der Waals surface area contributed by atoms with Gasteiger partial charge in [-0.2, -0.15) is 0 Å². The van der Waals surface area contributed by atoms with Gasteiger partial charge in [-0.25, -0.2) is 4.98 Å². The Morgan fingerprint density at radius 2 is 2.00 bits per heavy atom. The lowest BCUT2D eigenvalue weighted by Gasteiger charge is -2.20. The molecule has 0 fully saturated rings. The fraction of sp³-hybridized carbons (Fsp3) is 0.353. The van der Waals surface area contributed by atoms with E-state index in [1.807, 2.05) is 32.0 Å². The molecule has 2 aromatic rings. The average molecular weight is 327 g/mol. The molecule has 0 atom stereocenters. The van der Waals surface area contributed by atoms with E-state index in [1.165, 1.54) is 6.20 Å². The summed E-state index contributed by atoms with van der Waals surface area (Å²) in [6.07, 6.45) is 4.93. The van der Waals surface area contributed by atoms with Crippen molar-refractivity contribution in [2.75, 3.05) is 13.1 Å². The summed E-state index contributed by atoms with van der Waals surface area (Å²) in [7, 11) is 0. The van der Waals surface area contributed by atoms with Crippen molar-refractivity contribution in [3.05, 3.63) is 53.9 Å². The molecule has 2 aromatic heterocycles. The Hall–Kier alpha value is -2.83. The molecule has 0 bridgehead atoms. The number of aromatic nitrogens is 3. The maximum absolute atomic E-state index is 12.4. The van der Waals surface area contributed by atoms with Gasteiger partial charge in [0, 0.05) is 31.9 Å². The van der Waals surface area contributed by atoms with Gasteiger partial charge < -0.3 is 10.2 Å². The minimum atomic E-state index is -0.220. The quantitative estimate of drug-likeness (QED) is 0.829. The van der Waals surface area contributed by atoms with Crippen LogP contribution in [0.15, 0.2) is 36.8 Å². The molecule has 0 radical (unpaired) electrons. The summed E-state index contributed by atoms with van der Waals surface area (Å²) in [5.41, 5.74) is 1.84. The van der Waals surface area contributed by atoms with Crippen LogP contribution in [-0.4, -0.2) is 44.8 Å². The topological polar surface area (TPSA) is 88.1 Å². The van der Waals surface area contributed by atoms with Crippen molar-refractivity contribution >= 4 is 11.8 Å². The molecule has 0 aliphatic heterocycles. The van der Waals surface area contributed by atoms with Gasteiger partial charge in [0.1, 0.15) is 5.69 Å². The number of rotatable bonds is 7. The summed E-state index contributed by atoms with van der Waals surface area (Å²) >= 11 is 0. The van der Waals surface area contributed by atoms with E-state index in [0.717, 1.165) is 11.4 Å². The molecule has 2 amide bonds. The minimum absolute atomic E-state index is 0.123. The van der Waals surface area contributed by atoms with Gasteiger partial charge in [0.2, 0.25) is 5.91 Å². The van der Waals surface area contributed by atoms with Gasteiger partial charge in [-0.3, -0.25) is 19.6 Å². The first kappa shape index (κ1) is 17.5. The molecule has 2 heterocycles. The molecule has 24 heavy (non-hydrogen) atoms. The van der Waals surface area contributed by atoms with Crippen molar-refractivity contribution in [1.29, 1.82) is 0 Å². The molecule has 7 heteroatoms. The number of nitrogens with zero attached hydrogens (tertiary/aromatic N) is 4. The highest BCUT2D eigenvalue weighted by atomic mass is 16.2. The van der Waals surface area contributed by atoms with Crippen LogP contribution < -0.4 is 5.32 Å². The molecule has 0 saturated carbocycles. The lowest BCUT2D eigenvalue weighted by molar-refractivity contribution is -0.121. The van der Waals surface area contributed by atoms with Crippen LogP contribution in [0.25, 0.3) is 0 Å². The van der Waals surface area contributed by atoms with Crippen molar-refractivity contribution in [3.8, 4) is 0 Å². The molecular formula is C17H21N5O2. The molecule has 0 aromatic carbocycles. The monoisotopic (exact) mass is 327 g/mol. The zero-order chi connectivity index (χ0) is 17.4. The van der Waals surface area contributed by atoms with Crippen LogP contribution in [0.4, 0.5) is 0 Å². The number of aryl methyl sites for hydroxylation is 1. The Kier molecular flexibility index (Phi) is 6.36. The van der Waals surface area contributed by atoms with Gasteiger partial charge in [-0.1, -0.05) is 6.07 Å². The van der Waals surface area contributed by atoms with Crippen molar-refractivity contribution in [2.24, 2.45) is 0 Å². The number of hydrogen-bond donors (Lipinski definition) is 1. The Balaban J connectivity index is 1.83. The smallest absolute Gasteiger partial charge is 0.274 e. The molecular weight excluding hydrogens is 306 g/mol. The van der Waals surface area contributed by atoms with Crippen LogP contribution in [0, 0.1) is 6.92 Å². The lowest BCUT2D eigenvalue weighted by atomic mass is 10.3. The first-order chi connectivity index (χ1) is 11.6. The summed E-state index contributed by atoms with van der Waals surface area (Å²) < 4.78 is 0. The second kappa shape index (κ2) is 8.71. The summed E-state index contributed by atoms with van der Waals surface area (Å²) in [4.78, 5) is 38.2. The van der Waals surface area contributed by atoms with Gasteiger partial charge in [-0.15, -0.1) is 0 Å². The molecule has 7 nitrogen and oxygen atoms in total. The van der Waals surface area contributed by atoms with Crippen molar-refractivity contribution in [1.82, 2.24) is 25.2 Å². The number of amides is 2. The van der Waals surface area contributed by atoms with Crippen LogP contribution in [-0.2, 0) is 11.3 Å². The first-order valence-corrected chi connectivity index (χ1v) is 7.84. The summed E-state index contributed by atoms with van der Waals surface area (Å²) in [6, 6.07) is 5.54. The third-order valence-corrected chi connectivity index (χ3v) is 3.47. The molecule has 0 unspecified atom stereocenters. The third-order valence-electron chi connectivity index (χ3n) is 3.47. The lowest BCUT2D eigenvalue weighted by Crippen LogP contribution is -2.35. The zero-order valence-corrected chi connectivity index (χ0v) is 13.9. The number of carbonyl (C=O) groups excluding carboxylic acids is 2. The van der Waals surface area contributed by atoms with E-state index in [9.17, 15) is 9.59 Å². The van der Waals surface area contributed by atoms with Gasteiger partial charge in [0.15, 0.2) is 0 Å². The highest BCUT2D eigenvalue weighted by molar-refractivity contribution is 5.92. The fourth-order valence-electron chi connectivity index (χ4n) is 2.09. The largest absolute Gasteiger partial charge is 0.350 e. The zero-order valence-electron chi connectivity index (χ0n) is 13.9. The molecule has 126 valence electrons. The van der Waals surface area contributed by atoms with Crippen molar-refractivity contribution < 1.29 is 9.59 Å². The van der Waals surface area contributed by atoms with Gasteiger partial charge in [0.05, 0.1) is 24.1 Å².